The van der Waals surface area contributed by atoms with E-state index in [0.29, 0.717) is 17.6 Å². The molecule has 1 atom stereocenters. The van der Waals surface area contributed by atoms with Crippen molar-refractivity contribution in [3.63, 3.8) is 0 Å². The van der Waals surface area contributed by atoms with Crippen LogP contribution in [-0.2, 0) is 0 Å². The quantitative estimate of drug-likeness (QED) is 0.641. The molecule has 0 amide bonds. The fraction of sp³-hybridized carbons (Fsp3) is 0.583. The number of nitrogens with one attached hydrogen (secondary N) is 1. The summed E-state index contributed by atoms with van der Waals surface area (Å²) < 4.78 is 0. The van der Waals surface area contributed by atoms with Crippen LogP contribution in [0.1, 0.15) is 19.8 Å². The first kappa shape index (κ1) is 12.6. The highest BCUT2D eigenvalue weighted by Gasteiger charge is 2.33. The molecule has 1 N–H and O–H groups in total. The van der Waals surface area contributed by atoms with E-state index < -0.39 is 0 Å². The van der Waals surface area contributed by atoms with Gasteiger partial charge in [-0.3, -0.25) is 10.1 Å². The molecule has 0 saturated heterocycles. The van der Waals surface area contributed by atoms with E-state index in [0.717, 1.165) is 0 Å². The van der Waals surface area contributed by atoms with Crippen molar-refractivity contribution in [3.8, 4) is 0 Å². The number of aromatic nitrogens is 1. The zero-order valence-electron chi connectivity index (χ0n) is 10.9. The van der Waals surface area contributed by atoms with Gasteiger partial charge in [-0.2, -0.15) is 0 Å². The molecule has 98 valence electrons. The summed E-state index contributed by atoms with van der Waals surface area (Å²) in [6.07, 6.45) is 2.40. The molecule has 1 aliphatic carbocycles. The normalized spacial score (nSPS) is 16.2. The lowest BCUT2D eigenvalue weighted by molar-refractivity contribution is -0.384. The van der Waals surface area contributed by atoms with Gasteiger partial charge in [-0.25, -0.2) is 4.98 Å². The van der Waals surface area contributed by atoms with E-state index in [1.807, 2.05) is 11.9 Å². The van der Waals surface area contributed by atoms with Gasteiger partial charge in [-0.05, 0) is 31.7 Å². The van der Waals surface area contributed by atoms with E-state index in [4.69, 9.17) is 0 Å². The first-order valence-corrected chi connectivity index (χ1v) is 6.10. The van der Waals surface area contributed by atoms with E-state index >= 15 is 0 Å². The largest absolute Gasteiger partial charge is 0.373 e. The Morgan fingerprint density at radius 3 is 2.72 bits per heavy atom. The second-order valence-corrected chi connectivity index (χ2v) is 4.74. The maximum absolute atomic E-state index is 11.1. The van der Waals surface area contributed by atoms with Gasteiger partial charge in [0, 0.05) is 26.2 Å². The van der Waals surface area contributed by atoms with Crippen LogP contribution in [0.4, 0.5) is 17.3 Å². The SMILES string of the molecule is CNc1ccc([N+](=O)[O-])c(N(C)C(C)C2CC2)n1. The topological polar surface area (TPSA) is 71.3 Å². The van der Waals surface area contributed by atoms with Crippen molar-refractivity contribution in [1.29, 1.82) is 0 Å². The Bertz CT molecular complexity index is 459. The van der Waals surface area contributed by atoms with Gasteiger partial charge in [-0.15, -0.1) is 0 Å². The Morgan fingerprint density at radius 1 is 1.56 bits per heavy atom. The van der Waals surface area contributed by atoms with E-state index in [9.17, 15) is 10.1 Å². The zero-order chi connectivity index (χ0) is 13.3. The highest BCUT2D eigenvalue weighted by Crippen LogP contribution is 2.38. The number of rotatable bonds is 5. The van der Waals surface area contributed by atoms with Crippen molar-refractivity contribution in [2.24, 2.45) is 5.92 Å². The molecule has 1 aromatic heterocycles. The molecular formula is C12H18N4O2. The average Bonchev–Trinajstić information content (AvgIpc) is 3.20. The molecule has 1 fully saturated rings. The van der Waals surface area contributed by atoms with Crippen LogP contribution in [0.25, 0.3) is 0 Å². The predicted octanol–water partition coefficient (Wildman–Crippen LogP) is 2.27. The monoisotopic (exact) mass is 250 g/mol. The Balaban J connectivity index is 2.35. The highest BCUT2D eigenvalue weighted by molar-refractivity contribution is 5.61. The first-order chi connectivity index (χ1) is 8.54. The Hall–Kier alpha value is -1.85. The van der Waals surface area contributed by atoms with Crippen LogP contribution in [0.2, 0.25) is 0 Å². The van der Waals surface area contributed by atoms with Crippen LogP contribution >= 0.6 is 0 Å². The van der Waals surface area contributed by atoms with Gasteiger partial charge in [0.2, 0.25) is 5.82 Å². The molecule has 1 saturated carbocycles. The van der Waals surface area contributed by atoms with Gasteiger partial charge in [-0.1, -0.05) is 0 Å². The molecule has 6 nitrogen and oxygen atoms in total. The number of hydrogen-bond acceptors (Lipinski definition) is 5. The summed E-state index contributed by atoms with van der Waals surface area (Å²) in [5.41, 5.74) is 0.0593. The number of nitrogens with zero attached hydrogens (tertiary/aromatic N) is 3. The lowest BCUT2D eigenvalue weighted by atomic mass is 10.2. The molecule has 1 heterocycles. The Kier molecular flexibility index (Phi) is 3.36. The molecule has 1 aromatic rings. The molecule has 0 radical (unpaired) electrons. The minimum atomic E-state index is -0.377. The summed E-state index contributed by atoms with van der Waals surface area (Å²) in [5, 5.41) is 14.0. The molecule has 18 heavy (non-hydrogen) atoms. The highest BCUT2D eigenvalue weighted by atomic mass is 16.6. The Morgan fingerprint density at radius 2 is 2.22 bits per heavy atom. The van der Waals surface area contributed by atoms with Gasteiger partial charge in [0.15, 0.2) is 0 Å². The van der Waals surface area contributed by atoms with Gasteiger partial charge < -0.3 is 10.2 Å². The molecule has 0 spiro atoms. The summed E-state index contributed by atoms with van der Waals surface area (Å²) >= 11 is 0. The lowest BCUT2D eigenvalue weighted by Gasteiger charge is -2.25. The molecule has 0 aliphatic heterocycles. The van der Waals surface area contributed by atoms with Crippen LogP contribution in [0.15, 0.2) is 12.1 Å². The summed E-state index contributed by atoms with van der Waals surface area (Å²) in [6, 6.07) is 3.41. The van der Waals surface area contributed by atoms with Crippen LogP contribution < -0.4 is 10.2 Å². The van der Waals surface area contributed by atoms with Gasteiger partial charge >= 0.3 is 5.69 Å². The van der Waals surface area contributed by atoms with Crippen molar-refractivity contribution in [3.05, 3.63) is 22.2 Å². The van der Waals surface area contributed by atoms with Gasteiger partial charge in [0.25, 0.3) is 0 Å². The zero-order valence-corrected chi connectivity index (χ0v) is 10.9. The number of pyridine rings is 1. The third kappa shape index (κ3) is 2.37. The number of hydrogen-bond donors (Lipinski definition) is 1. The molecule has 2 rings (SSSR count). The summed E-state index contributed by atoms with van der Waals surface area (Å²) in [5.74, 6) is 1.71. The first-order valence-electron chi connectivity index (χ1n) is 6.10. The van der Waals surface area contributed by atoms with Crippen molar-refractivity contribution >= 4 is 17.3 Å². The predicted molar refractivity (Wildman–Crippen MR) is 71.0 cm³/mol. The maximum Gasteiger partial charge on any atom is 0.311 e. The van der Waals surface area contributed by atoms with Crippen molar-refractivity contribution < 1.29 is 4.92 Å². The second kappa shape index (κ2) is 4.80. The smallest absolute Gasteiger partial charge is 0.311 e. The Labute approximate surface area is 106 Å². The van der Waals surface area contributed by atoms with Crippen LogP contribution in [0.3, 0.4) is 0 Å². The van der Waals surface area contributed by atoms with Gasteiger partial charge in [0.05, 0.1) is 4.92 Å². The van der Waals surface area contributed by atoms with Crippen molar-refractivity contribution in [2.45, 2.75) is 25.8 Å². The minimum absolute atomic E-state index is 0.0593. The maximum atomic E-state index is 11.1. The summed E-state index contributed by atoms with van der Waals surface area (Å²) in [6.45, 7) is 2.09. The third-order valence-corrected chi connectivity index (χ3v) is 3.56. The van der Waals surface area contributed by atoms with Crippen molar-refractivity contribution in [2.75, 3.05) is 24.3 Å². The van der Waals surface area contributed by atoms with E-state index in [2.05, 4.69) is 17.2 Å². The molecule has 1 aliphatic rings. The second-order valence-electron chi connectivity index (χ2n) is 4.74. The summed E-state index contributed by atoms with van der Waals surface area (Å²) in [7, 11) is 3.63. The average molecular weight is 250 g/mol. The fourth-order valence-electron chi connectivity index (χ4n) is 2.07. The standard InChI is InChI=1S/C12H18N4O2/c1-8(9-4-5-9)15(3)12-10(16(17)18)6-7-11(13-2)14-12/h6-9H,4-5H2,1-3H3,(H,13,14). The fourth-order valence-corrected chi connectivity index (χ4v) is 2.07. The number of nitro groups is 1. The van der Waals surface area contributed by atoms with Crippen LogP contribution in [-0.4, -0.2) is 30.0 Å². The number of anilines is 2. The summed E-state index contributed by atoms with van der Waals surface area (Å²) in [4.78, 5) is 16.9. The molecule has 6 heteroatoms. The molecule has 0 aromatic carbocycles. The minimum Gasteiger partial charge on any atom is -0.373 e. The van der Waals surface area contributed by atoms with E-state index in [1.54, 1.807) is 13.1 Å². The molecule has 1 unspecified atom stereocenters. The molecule has 0 bridgehead atoms. The van der Waals surface area contributed by atoms with Crippen LogP contribution in [0, 0.1) is 16.0 Å². The van der Waals surface area contributed by atoms with E-state index in [1.165, 1.54) is 18.9 Å². The van der Waals surface area contributed by atoms with Crippen LogP contribution in [0.5, 0.6) is 0 Å². The lowest BCUT2D eigenvalue weighted by Crippen LogP contribution is -2.32. The van der Waals surface area contributed by atoms with Crippen molar-refractivity contribution in [1.82, 2.24) is 4.98 Å². The molecular weight excluding hydrogens is 232 g/mol. The van der Waals surface area contributed by atoms with Gasteiger partial charge in [0.1, 0.15) is 5.82 Å². The third-order valence-electron chi connectivity index (χ3n) is 3.56. The van der Waals surface area contributed by atoms with E-state index in [-0.39, 0.29) is 16.7 Å².